The first-order chi connectivity index (χ1) is 12.0. The van der Waals surface area contributed by atoms with Crippen molar-refractivity contribution in [2.24, 2.45) is 0 Å². The van der Waals surface area contributed by atoms with Gasteiger partial charge in [-0.1, -0.05) is 23.7 Å². The number of halogens is 1. The van der Waals surface area contributed by atoms with Crippen molar-refractivity contribution in [1.29, 1.82) is 0 Å². The van der Waals surface area contributed by atoms with Crippen molar-refractivity contribution in [1.82, 2.24) is 9.97 Å². The smallest absolute Gasteiger partial charge is 0.337 e. The molecule has 0 saturated carbocycles. The molecule has 3 rings (SSSR count). The van der Waals surface area contributed by atoms with E-state index >= 15 is 0 Å². The Labute approximate surface area is 151 Å². The summed E-state index contributed by atoms with van der Waals surface area (Å²) < 4.78 is 4.80. The minimum Gasteiger partial charge on any atom is -0.465 e. The lowest BCUT2D eigenvalue weighted by molar-refractivity contribution is 0.0601. The van der Waals surface area contributed by atoms with Crippen LogP contribution in [-0.4, -0.2) is 23.0 Å². The van der Waals surface area contributed by atoms with Gasteiger partial charge in [0.2, 0.25) is 0 Å². The monoisotopic (exact) mass is 355 g/mol. The fourth-order valence-corrected chi connectivity index (χ4v) is 2.86. The van der Waals surface area contributed by atoms with E-state index in [1.807, 2.05) is 38.1 Å². The molecule has 5 nitrogen and oxygen atoms in total. The molecule has 128 valence electrons. The number of nitrogens with zero attached hydrogens (tertiary/aromatic N) is 2. The molecule has 1 aromatic heterocycles. The third-order valence-electron chi connectivity index (χ3n) is 3.93. The molecule has 0 aliphatic rings. The van der Waals surface area contributed by atoms with E-state index in [1.54, 1.807) is 18.2 Å². The van der Waals surface area contributed by atoms with Crippen molar-refractivity contribution in [3.8, 4) is 0 Å². The minimum absolute atomic E-state index is 0.0158. The lowest BCUT2D eigenvalue weighted by atomic mass is 10.1. The second-order valence-corrected chi connectivity index (χ2v) is 6.20. The van der Waals surface area contributed by atoms with Gasteiger partial charge in [0, 0.05) is 10.4 Å². The summed E-state index contributed by atoms with van der Waals surface area (Å²) in [4.78, 5) is 20.8. The third-order valence-corrected chi connectivity index (χ3v) is 4.17. The second-order valence-electron chi connectivity index (χ2n) is 5.76. The maximum Gasteiger partial charge on any atom is 0.337 e. The van der Waals surface area contributed by atoms with Crippen molar-refractivity contribution < 1.29 is 9.53 Å². The Morgan fingerprint density at radius 2 is 2.00 bits per heavy atom. The van der Waals surface area contributed by atoms with Crippen LogP contribution in [0.3, 0.4) is 0 Å². The average molecular weight is 356 g/mol. The van der Waals surface area contributed by atoms with Gasteiger partial charge >= 0.3 is 5.97 Å². The number of ether oxygens (including phenoxy) is 1. The molecule has 0 fully saturated rings. The Morgan fingerprint density at radius 1 is 1.20 bits per heavy atom. The molecular weight excluding hydrogens is 338 g/mol. The summed E-state index contributed by atoms with van der Waals surface area (Å²) in [5, 5.41) is 4.84. The van der Waals surface area contributed by atoms with Gasteiger partial charge in [-0.05, 0) is 49.7 Å². The van der Waals surface area contributed by atoms with Crippen LogP contribution in [-0.2, 0) is 4.74 Å². The first-order valence-corrected chi connectivity index (χ1v) is 8.24. The number of benzene rings is 2. The number of rotatable bonds is 4. The van der Waals surface area contributed by atoms with Crippen molar-refractivity contribution in [3.05, 3.63) is 64.4 Å². The summed E-state index contributed by atoms with van der Waals surface area (Å²) in [6, 6.07) is 12.9. The molecule has 1 N–H and O–H groups in total. The van der Waals surface area contributed by atoms with Gasteiger partial charge in [-0.15, -0.1) is 0 Å². The first kappa shape index (κ1) is 17.2. The number of hydrogen-bond donors (Lipinski definition) is 1. The number of esters is 1. The van der Waals surface area contributed by atoms with Crippen LogP contribution in [0.15, 0.2) is 42.5 Å². The molecule has 2 aromatic carbocycles. The molecule has 0 amide bonds. The van der Waals surface area contributed by atoms with Crippen LogP contribution in [0.1, 0.15) is 34.7 Å². The van der Waals surface area contributed by atoms with Gasteiger partial charge in [0.25, 0.3) is 0 Å². The minimum atomic E-state index is -0.392. The molecule has 0 aliphatic carbocycles. The number of carbonyl (C=O) groups excluding carboxylic acids is 1. The fraction of sp³-hybridized carbons (Fsp3) is 0.211. The zero-order chi connectivity index (χ0) is 18.0. The zero-order valence-electron chi connectivity index (χ0n) is 14.2. The van der Waals surface area contributed by atoms with Gasteiger partial charge in [-0.3, -0.25) is 0 Å². The number of hydrogen-bond acceptors (Lipinski definition) is 5. The Hall–Kier alpha value is -2.66. The highest BCUT2D eigenvalue weighted by molar-refractivity contribution is 6.30. The van der Waals surface area contributed by atoms with E-state index in [2.05, 4.69) is 15.3 Å². The Bertz CT molecular complexity index is 943. The summed E-state index contributed by atoms with van der Waals surface area (Å²) in [7, 11) is 1.36. The highest BCUT2D eigenvalue weighted by Gasteiger charge is 2.14. The molecule has 0 bridgehead atoms. The zero-order valence-corrected chi connectivity index (χ0v) is 15.0. The van der Waals surface area contributed by atoms with Crippen LogP contribution in [0, 0.1) is 6.92 Å². The summed E-state index contributed by atoms with van der Waals surface area (Å²) in [6.45, 7) is 3.86. The van der Waals surface area contributed by atoms with Crippen LogP contribution in [0.4, 0.5) is 5.82 Å². The summed E-state index contributed by atoms with van der Waals surface area (Å²) in [5.41, 5.74) is 2.27. The number of aromatic nitrogens is 2. The van der Waals surface area contributed by atoms with Gasteiger partial charge in [-0.2, -0.15) is 0 Å². The van der Waals surface area contributed by atoms with Crippen LogP contribution in [0.25, 0.3) is 10.9 Å². The number of fused-ring (bicyclic) bond motifs is 1. The summed E-state index contributed by atoms with van der Waals surface area (Å²) in [6.07, 6.45) is 0. The Morgan fingerprint density at radius 3 is 2.72 bits per heavy atom. The van der Waals surface area contributed by atoms with E-state index in [4.69, 9.17) is 16.3 Å². The summed E-state index contributed by atoms with van der Waals surface area (Å²) >= 11 is 6.08. The van der Waals surface area contributed by atoms with Gasteiger partial charge in [0.05, 0.1) is 24.2 Å². The number of methoxy groups -OCH3 is 1. The van der Waals surface area contributed by atoms with Crippen molar-refractivity contribution in [2.75, 3.05) is 12.4 Å². The standard InChI is InChI=1S/C19H18ClN3O2/c1-11(13-5-4-6-15(20)9-13)21-18-16-10-14(19(24)25-3)7-8-17(16)22-12(2)23-18/h4-11H,1-3H3,(H,21,22,23)/t11-/m1/s1. The molecule has 0 saturated heterocycles. The maximum atomic E-state index is 11.8. The van der Waals surface area contributed by atoms with Gasteiger partial charge in [-0.25, -0.2) is 14.8 Å². The van der Waals surface area contributed by atoms with E-state index in [0.717, 1.165) is 16.5 Å². The van der Waals surface area contributed by atoms with Crippen LogP contribution in [0.2, 0.25) is 5.02 Å². The molecule has 6 heteroatoms. The molecular formula is C19H18ClN3O2. The predicted octanol–water partition coefficient (Wildman–Crippen LogP) is 4.55. The highest BCUT2D eigenvalue weighted by Crippen LogP contribution is 2.27. The van der Waals surface area contributed by atoms with E-state index in [1.165, 1.54) is 7.11 Å². The lowest BCUT2D eigenvalue weighted by Gasteiger charge is -2.17. The van der Waals surface area contributed by atoms with E-state index < -0.39 is 5.97 Å². The van der Waals surface area contributed by atoms with Gasteiger partial charge in [0.1, 0.15) is 11.6 Å². The third kappa shape index (κ3) is 3.72. The molecule has 25 heavy (non-hydrogen) atoms. The molecule has 0 radical (unpaired) electrons. The number of anilines is 1. The topological polar surface area (TPSA) is 64.1 Å². The van der Waals surface area contributed by atoms with E-state index in [-0.39, 0.29) is 6.04 Å². The molecule has 0 unspecified atom stereocenters. The van der Waals surface area contributed by atoms with Crippen molar-refractivity contribution >= 4 is 34.3 Å². The molecule has 1 heterocycles. The quantitative estimate of drug-likeness (QED) is 0.695. The van der Waals surface area contributed by atoms with E-state index in [0.29, 0.717) is 22.2 Å². The first-order valence-electron chi connectivity index (χ1n) is 7.86. The van der Waals surface area contributed by atoms with Crippen LogP contribution < -0.4 is 5.32 Å². The molecule has 0 aliphatic heterocycles. The Balaban J connectivity index is 2.03. The van der Waals surface area contributed by atoms with Gasteiger partial charge < -0.3 is 10.1 Å². The van der Waals surface area contributed by atoms with Crippen molar-refractivity contribution in [3.63, 3.8) is 0 Å². The SMILES string of the molecule is COC(=O)c1ccc2nc(C)nc(N[C@H](C)c3cccc(Cl)c3)c2c1. The van der Waals surface area contributed by atoms with Crippen LogP contribution in [0.5, 0.6) is 0 Å². The van der Waals surface area contributed by atoms with Gasteiger partial charge in [0.15, 0.2) is 0 Å². The number of aryl methyl sites for hydroxylation is 1. The van der Waals surface area contributed by atoms with Crippen molar-refractivity contribution in [2.45, 2.75) is 19.9 Å². The molecule has 1 atom stereocenters. The Kier molecular flexibility index (Phi) is 4.86. The average Bonchev–Trinajstić information content (AvgIpc) is 2.60. The fourth-order valence-electron chi connectivity index (χ4n) is 2.66. The molecule has 0 spiro atoms. The second kappa shape index (κ2) is 7.07. The predicted molar refractivity (Wildman–Crippen MR) is 99.1 cm³/mol. The number of nitrogens with one attached hydrogen (secondary N) is 1. The largest absolute Gasteiger partial charge is 0.465 e. The highest BCUT2D eigenvalue weighted by atomic mass is 35.5. The number of carbonyl (C=O) groups is 1. The lowest BCUT2D eigenvalue weighted by Crippen LogP contribution is -2.10. The van der Waals surface area contributed by atoms with E-state index in [9.17, 15) is 4.79 Å². The normalized spacial score (nSPS) is 12.0. The maximum absolute atomic E-state index is 11.8. The molecule has 3 aromatic rings. The van der Waals surface area contributed by atoms with Crippen LogP contribution >= 0.6 is 11.6 Å². The summed E-state index contributed by atoms with van der Waals surface area (Å²) in [5.74, 6) is 0.927.